The third kappa shape index (κ3) is 6.58. The zero-order valence-corrected chi connectivity index (χ0v) is 27.1. The van der Waals surface area contributed by atoms with Gasteiger partial charge in [-0.25, -0.2) is 12.7 Å². The van der Waals surface area contributed by atoms with E-state index in [-0.39, 0.29) is 24.0 Å². The van der Waals surface area contributed by atoms with E-state index in [1.165, 1.54) is 43.8 Å². The van der Waals surface area contributed by atoms with Crippen molar-refractivity contribution in [2.24, 2.45) is 0 Å². The largest absolute Gasteiger partial charge is 0.494 e. The van der Waals surface area contributed by atoms with Crippen LogP contribution < -0.4 is 13.8 Å². The number of aliphatic hydroxyl groups excluding tert-OH is 1. The summed E-state index contributed by atoms with van der Waals surface area (Å²) < 4.78 is 48.9. The zero-order chi connectivity index (χ0) is 31.5. The molecule has 1 aromatic carbocycles. The number of pyridine rings is 1. The van der Waals surface area contributed by atoms with Crippen LogP contribution >= 0.6 is 0 Å². The summed E-state index contributed by atoms with van der Waals surface area (Å²) in [5.41, 5.74) is 0.800. The van der Waals surface area contributed by atoms with Crippen LogP contribution in [0, 0.1) is 18.3 Å². The number of nitriles is 1. The van der Waals surface area contributed by atoms with Gasteiger partial charge >= 0.3 is 0 Å². The summed E-state index contributed by atoms with van der Waals surface area (Å²) in [7, 11) is -3.10. The monoisotopic (exact) mass is 624 g/mol. The normalized spacial score (nSPS) is 13.3. The Morgan fingerprint density at radius 2 is 1.77 bits per heavy atom. The van der Waals surface area contributed by atoms with Crippen molar-refractivity contribution in [3.05, 3.63) is 65.7 Å². The summed E-state index contributed by atoms with van der Waals surface area (Å²) in [5, 5.41) is 27.8. The molecular formula is C29H36N6O6SSi. The standard InChI is InChI=1S/C29H36N6O6SSi/c1-19-11-14-25(41-19)28-32-33-29(35(28)26-23(39-3)9-8-10-24(26)40-4)34(15-16-43(5,6)7)42(37,38)20(2)27(36)22-13-12-21(17-30)18-31-22/h8-14,18,20,27,36H,15-16H2,1-7H3/t20-,27+/m1/s1. The van der Waals surface area contributed by atoms with Gasteiger partial charge in [0.05, 0.1) is 25.5 Å². The SMILES string of the molecule is COc1cccc(OC)c1-n1c(-c2ccc(C)o2)nnc1N(CC[Si](C)(C)C)S(=O)(=O)[C@H](C)[C@H](O)c1ccc(C#N)cn1. The number of nitrogens with zero attached hydrogens (tertiary/aromatic N) is 6. The first-order chi connectivity index (χ1) is 20.3. The van der Waals surface area contributed by atoms with Crippen LogP contribution in [0.5, 0.6) is 11.5 Å². The average Bonchev–Trinajstić information content (AvgIpc) is 3.61. The first-order valence-corrected chi connectivity index (χ1v) is 18.8. The lowest BCUT2D eigenvalue weighted by Gasteiger charge is -2.31. The number of aliphatic hydroxyl groups is 1. The molecule has 14 heteroatoms. The Kier molecular flexibility index (Phi) is 9.28. The Balaban J connectivity index is 1.95. The lowest BCUT2D eigenvalue weighted by molar-refractivity contribution is 0.171. The van der Waals surface area contributed by atoms with E-state index in [0.29, 0.717) is 40.3 Å². The molecule has 3 aromatic heterocycles. The molecule has 228 valence electrons. The number of aryl methyl sites for hydroxylation is 1. The lowest BCUT2D eigenvalue weighted by Crippen LogP contribution is -2.44. The number of furan rings is 1. The summed E-state index contributed by atoms with van der Waals surface area (Å²) in [5.74, 6) is 2.00. The van der Waals surface area contributed by atoms with Crippen molar-refractivity contribution in [1.29, 1.82) is 5.26 Å². The van der Waals surface area contributed by atoms with E-state index in [1.807, 2.05) is 6.07 Å². The van der Waals surface area contributed by atoms with Gasteiger partial charge in [0, 0.05) is 20.8 Å². The summed E-state index contributed by atoms with van der Waals surface area (Å²) in [4.78, 5) is 4.13. The van der Waals surface area contributed by atoms with Gasteiger partial charge in [-0.15, -0.1) is 10.2 Å². The van der Waals surface area contributed by atoms with Crippen molar-refractivity contribution >= 4 is 24.0 Å². The maximum Gasteiger partial charge on any atom is 0.246 e. The second-order valence-electron chi connectivity index (χ2n) is 11.2. The summed E-state index contributed by atoms with van der Waals surface area (Å²) in [6.45, 7) is 9.72. The summed E-state index contributed by atoms with van der Waals surface area (Å²) >= 11 is 0. The second kappa shape index (κ2) is 12.6. The number of hydrogen-bond acceptors (Lipinski definition) is 10. The fourth-order valence-corrected chi connectivity index (χ4v) is 7.05. The molecule has 12 nitrogen and oxygen atoms in total. The minimum Gasteiger partial charge on any atom is -0.494 e. The van der Waals surface area contributed by atoms with E-state index in [1.54, 1.807) is 41.8 Å². The van der Waals surface area contributed by atoms with Gasteiger partial charge in [-0.05, 0) is 56.3 Å². The molecule has 0 bridgehead atoms. The molecule has 3 heterocycles. The molecular weight excluding hydrogens is 589 g/mol. The van der Waals surface area contributed by atoms with Gasteiger partial charge in [-0.2, -0.15) is 5.26 Å². The maximum absolute atomic E-state index is 14.5. The predicted molar refractivity (Wildman–Crippen MR) is 165 cm³/mol. The first-order valence-electron chi connectivity index (χ1n) is 13.6. The number of ether oxygens (including phenoxy) is 2. The third-order valence-corrected chi connectivity index (χ3v) is 10.8. The quantitative estimate of drug-likeness (QED) is 0.219. The van der Waals surface area contributed by atoms with E-state index >= 15 is 0 Å². The lowest BCUT2D eigenvalue weighted by atomic mass is 10.1. The molecule has 0 amide bonds. The molecule has 0 saturated carbocycles. The van der Waals surface area contributed by atoms with Gasteiger partial charge in [-0.1, -0.05) is 25.7 Å². The van der Waals surface area contributed by atoms with Crippen molar-refractivity contribution in [3.63, 3.8) is 0 Å². The molecule has 0 fully saturated rings. The van der Waals surface area contributed by atoms with Gasteiger partial charge < -0.3 is 19.0 Å². The Bertz CT molecular complexity index is 1700. The van der Waals surface area contributed by atoms with Gasteiger partial charge in [0.1, 0.15) is 40.4 Å². The highest BCUT2D eigenvalue weighted by Gasteiger charge is 2.40. The molecule has 0 aliphatic rings. The highest BCUT2D eigenvalue weighted by molar-refractivity contribution is 7.93. The Morgan fingerprint density at radius 3 is 2.28 bits per heavy atom. The van der Waals surface area contributed by atoms with Crippen LogP contribution in [0.15, 0.2) is 53.1 Å². The fourth-order valence-electron chi connectivity index (χ4n) is 4.44. The Labute approximate surface area is 252 Å². The van der Waals surface area contributed by atoms with E-state index in [9.17, 15) is 13.5 Å². The van der Waals surface area contributed by atoms with Gasteiger partial charge in [0.2, 0.25) is 21.8 Å². The van der Waals surface area contributed by atoms with Gasteiger partial charge in [0.25, 0.3) is 0 Å². The zero-order valence-electron chi connectivity index (χ0n) is 25.3. The molecule has 1 N–H and O–H groups in total. The number of methoxy groups -OCH3 is 2. The highest BCUT2D eigenvalue weighted by atomic mass is 32.2. The van der Waals surface area contributed by atoms with Crippen molar-refractivity contribution in [3.8, 4) is 34.8 Å². The average molecular weight is 625 g/mol. The van der Waals surface area contributed by atoms with Crippen molar-refractivity contribution in [2.75, 3.05) is 25.1 Å². The Hall–Kier alpha value is -4.19. The number of sulfonamides is 1. The molecule has 0 spiro atoms. The van der Waals surface area contributed by atoms with Crippen molar-refractivity contribution in [1.82, 2.24) is 19.7 Å². The first kappa shape index (κ1) is 31.7. The smallest absolute Gasteiger partial charge is 0.246 e. The fraction of sp³-hybridized carbons (Fsp3) is 0.379. The van der Waals surface area contributed by atoms with Crippen LogP contribution in [0.25, 0.3) is 17.3 Å². The topological polar surface area (TPSA) is 157 Å². The van der Waals surface area contributed by atoms with Crippen LogP contribution in [0.1, 0.15) is 30.0 Å². The molecule has 0 saturated heterocycles. The molecule has 0 aliphatic carbocycles. The molecule has 4 aromatic rings. The minimum atomic E-state index is -4.31. The van der Waals surface area contributed by atoms with E-state index in [2.05, 4.69) is 34.8 Å². The molecule has 2 atom stereocenters. The number of rotatable bonds is 12. The number of hydrogen-bond donors (Lipinski definition) is 1. The van der Waals surface area contributed by atoms with E-state index < -0.39 is 29.5 Å². The van der Waals surface area contributed by atoms with E-state index in [4.69, 9.17) is 19.2 Å². The predicted octanol–water partition coefficient (Wildman–Crippen LogP) is 4.72. The number of benzene rings is 1. The number of para-hydroxylation sites is 1. The van der Waals surface area contributed by atoms with Crippen LogP contribution in [0.4, 0.5) is 5.95 Å². The summed E-state index contributed by atoms with van der Waals surface area (Å²) in [6, 6.07) is 14.2. The van der Waals surface area contributed by atoms with Crippen LogP contribution in [0.2, 0.25) is 25.7 Å². The van der Waals surface area contributed by atoms with Crippen molar-refractivity contribution < 1.29 is 27.4 Å². The third-order valence-electron chi connectivity index (χ3n) is 6.96. The maximum atomic E-state index is 14.5. The van der Waals surface area contributed by atoms with Crippen LogP contribution in [0.3, 0.4) is 0 Å². The molecule has 0 radical (unpaired) electrons. The minimum absolute atomic E-state index is 0.0167. The second-order valence-corrected chi connectivity index (χ2v) is 19.1. The summed E-state index contributed by atoms with van der Waals surface area (Å²) in [6.07, 6.45) is -0.195. The Morgan fingerprint density at radius 1 is 1.09 bits per heavy atom. The molecule has 0 unspecified atom stereocenters. The highest BCUT2D eigenvalue weighted by Crippen LogP contribution is 2.40. The van der Waals surface area contributed by atoms with Crippen LogP contribution in [-0.4, -0.2) is 67.4 Å². The van der Waals surface area contributed by atoms with Gasteiger partial charge in [-0.3, -0.25) is 9.55 Å². The van der Waals surface area contributed by atoms with Gasteiger partial charge in [0.15, 0.2) is 5.76 Å². The van der Waals surface area contributed by atoms with Crippen molar-refractivity contribution in [2.45, 2.75) is 50.9 Å². The molecule has 43 heavy (non-hydrogen) atoms. The number of aromatic nitrogens is 4. The molecule has 4 rings (SSSR count). The van der Waals surface area contributed by atoms with E-state index in [0.717, 1.165) is 0 Å². The van der Waals surface area contributed by atoms with Crippen LogP contribution in [-0.2, 0) is 10.0 Å². The number of anilines is 1. The molecule has 0 aliphatic heterocycles.